The van der Waals surface area contributed by atoms with Crippen molar-refractivity contribution in [2.45, 2.75) is 30.3 Å². The maximum absolute atomic E-state index is 12.2. The van der Waals surface area contributed by atoms with Gasteiger partial charge in [0.05, 0.1) is 27.9 Å². The molecule has 5 nitrogen and oxygen atoms in total. The molecule has 114 valence electrons. The topological polar surface area (TPSA) is 79.2 Å². The van der Waals surface area contributed by atoms with Crippen LogP contribution >= 0.6 is 0 Å². The Morgan fingerprint density at radius 2 is 2.29 bits per heavy atom. The number of nitrogens with one attached hydrogen (secondary N) is 1. The van der Waals surface area contributed by atoms with Crippen LogP contribution in [0.2, 0.25) is 0 Å². The van der Waals surface area contributed by atoms with E-state index < -0.39 is 9.84 Å². The van der Waals surface area contributed by atoms with Crippen LogP contribution in [0, 0.1) is 11.3 Å². The Morgan fingerprint density at radius 1 is 1.48 bits per heavy atom. The van der Waals surface area contributed by atoms with Crippen LogP contribution in [-0.2, 0) is 14.6 Å². The summed E-state index contributed by atoms with van der Waals surface area (Å²) < 4.78 is 30.0. The average Bonchev–Trinajstić information content (AvgIpc) is 2.91. The van der Waals surface area contributed by atoms with Gasteiger partial charge in [0.15, 0.2) is 9.84 Å². The SMILES string of the molecule is CC1(CNCCS(=O)(=O)c2cccc(C#N)c2)CCCO1. The summed E-state index contributed by atoms with van der Waals surface area (Å²) >= 11 is 0. The van der Waals surface area contributed by atoms with Crippen molar-refractivity contribution in [3.05, 3.63) is 29.8 Å². The summed E-state index contributed by atoms with van der Waals surface area (Å²) in [5.41, 5.74) is 0.181. The molecule has 0 bridgehead atoms. The number of ether oxygens (including phenoxy) is 1. The first-order chi connectivity index (χ1) is 9.95. The molecule has 1 heterocycles. The van der Waals surface area contributed by atoms with E-state index in [4.69, 9.17) is 10.00 Å². The third kappa shape index (κ3) is 4.27. The van der Waals surface area contributed by atoms with E-state index in [1.54, 1.807) is 12.1 Å². The lowest BCUT2D eigenvalue weighted by Crippen LogP contribution is -2.39. The van der Waals surface area contributed by atoms with Gasteiger partial charge >= 0.3 is 0 Å². The van der Waals surface area contributed by atoms with Crippen molar-refractivity contribution in [1.29, 1.82) is 5.26 Å². The molecule has 1 aromatic rings. The van der Waals surface area contributed by atoms with Crippen molar-refractivity contribution in [3.63, 3.8) is 0 Å². The molecule has 0 saturated carbocycles. The second kappa shape index (κ2) is 6.56. The van der Waals surface area contributed by atoms with Crippen LogP contribution in [0.15, 0.2) is 29.2 Å². The molecule has 0 radical (unpaired) electrons. The van der Waals surface area contributed by atoms with Crippen LogP contribution in [0.4, 0.5) is 0 Å². The fourth-order valence-electron chi connectivity index (χ4n) is 2.41. The Bertz CT molecular complexity index is 629. The van der Waals surface area contributed by atoms with Crippen LogP contribution in [0.25, 0.3) is 0 Å². The largest absolute Gasteiger partial charge is 0.374 e. The van der Waals surface area contributed by atoms with E-state index in [2.05, 4.69) is 5.32 Å². The Hall–Kier alpha value is -1.42. The van der Waals surface area contributed by atoms with E-state index in [0.29, 0.717) is 18.7 Å². The summed E-state index contributed by atoms with van der Waals surface area (Å²) in [7, 11) is -3.36. The summed E-state index contributed by atoms with van der Waals surface area (Å²) in [4.78, 5) is 0.201. The predicted octanol–water partition coefficient (Wildman–Crippen LogP) is 1.49. The van der Waals surface area contributed by atoms with Crippen LogP contribution in [0.5, 0.6) is 0 Å². The molecular formula is C15H20N2O3S. The van der Waals surface area contributed by atoms with E-state index in [1.165, 1.54) is 12.1 Å². The summed E-state index contributed by atoms with van der Waals surface area (Å²) in [6.07, 6.45) is 2.05. The fourth-order valence-corrected chi connectivity index (χ4v) is 3.65. The van der Waals surface area contributed by atoms with Gasteiger partial charge in [-0.15, -0.1) is 0 Å². The van der Waals surface area contributed by atoms with Gasteiger partial charge in [-0.3, -0.25) is 0 Å². The van der Waals surface area contributed by atoms with E-state index in [0.717, 1.165) is 19.4 Å². The maximum Gasteiger partial charge on any atom is 0.179 e. The molecule has 1 aromatic carbocycles. The minimum Gasteiger partial charge on any atom is -0.374 e. The van der Waals surface area contributed by atoms with Crippen molar-refractivity contribution in [2.75, 3.05) is 25.4 Å². The highest BCUT2D eigenvalue weighted by molar-refractivity contribution is 7.91. The molecule has 1 atom stereocenters. The van der Waals surface area contributed by atoms with Gasteiger partial charge in [0.2, 0.25) is 0 Å². The van der Waals surface area contributed by atoms with E-state index in [-0.39, 0.29) is 16.2 Å². The standard InChI is InChI=1S/C15H20N2O3S/c1-15(6-3-8-20-15)12-17-7-9-21(18,19)14-5-2-4-13(10-14)11-16/h2,4-5,10,17H,3,6-9,12H2,1H3. The summed E-state index contributed by atoms with van der Waals surface area (Å²) in [6.45, 7) is 3.84. The van der Waals surface area contributed by atoms with Crippen molar-refractivity contribution >= 4 is 9.84 Å². The maximum atomic E-state index is 12.2. The lowest BCUT2D eigenvalue weighted by molar-refractivity contribution is 0.0214. The van der Waals surface area contributed by atoms with Crippen molar-refractivity contribution in [1.82, 2.24) is 5.32 Å². The summed E-state index contributed by atoms with van der Waals surface area (Å²) in [6, 6.07) is 8.07. The fraction of sp³-hybridized carbons (Fsp3) is 0.533. The molecule has 1 fully saturated rings. The number of sulfone groups is 1. The number of benzene rings is 1. The molecule has 0 aliphatic carbocycles. The number of nitrogens with zero attached hydrogens (tertiary/aromatic N) is 1. The highest BCUT2D eigenvalue weighted by atomic mass is 32.2. The molecule has 1 unspecified atom stereocenters. The lowest BCUT2D eigenvalue weighted by Gasteiger charge is -2.23. The van der Waals surface area contributed by atoms with E-state index in [1.807, 2.05) is 13.0 Å². The van der Waals surface area contributed by atoms with Crippen molar-refractivity contribution < 1.29 is 13.2 Å². The number of rotatable bonds is 6. The molecule has 6 heteroatoms. The molecule has 1 aliphatic heterocycles. The van der Waals surface area contributed by atoms with Crippen molar-refractivity contribution in [2.24, 2.45) is 0 Å². The first-order valence-electron chi connectivity index (χ1n) is 7.03. The average molecular weight is 308 g/mol. The first kappa shape index (κ1) is 16.0. The van der Waals surface area contributed by atoms with Gasteiger partial charge in [0.25, 0.3) is 0 Å². The van der Waals surface area contributed by atoms with Gasteiger partial charge in [-0.25, -0.2) is 8.42 Å². The van der Waals surface area contributed by atoms with Crippen molar-refractivity contribution in [3.8, 4) is 6.07 Å². The van der Waals surface area contributed by atoms with E-state index in [9.17, 15) is 8.42 Å². The molecular weight excluding hydrogens is 288 g/mol. The minimum atomic E-state index is -3.36. The Balaban J connectivity index is 1.88. The summed E-state index contributed by atoms with van der Waals surface area (Å²) in [5.74, 6) is 0.0119. The summed E-state index contributed by atoms with van der Waals surface area (Å²) in [5, 5.41) is 12.0. The number of hydrogen-bond donors (Lipinski definition) is 1. The highest BCUT2D eigenvalue weighted by Gasteiger charge is 2.29. The van der Waals surface area contributed by atoms with Gasteiger partial charge in [-0.05, 0) is 38.0 Å². The van der Waals surface area contributed by atoms with Crippen LogP contribution in [0.3, 0.4) is 0 Å². The smallest absolute Gasteiger partial charge is 0.179 e. The molecule has 1 N–H and O–H groups in total. The molecule has 21 heavy (non-hydrogen) atoms. The van der Waals surface area contributed by atoms with Gasteiger partial charge < -0.3 is 10.1 Å². The highest BCUT2D eigenvalue weighted by Crippen LogP contribution is 2.23. The molecule has 2 rings (SSSR count). The van der Waals surface area contributed by atoms with Crippen LogP contribution in [-0.4, -0.2) is 39.5 Å². The van der Waals surface area contributed by atoms with Gasteiger partial charge in [-0.2, -0.15) is 5.26 Å². The second-order valence-corrected chi connectivity index (χ2v) is 7.65. The zero-order valence-corrected chi connectivity index (χ0v) is 12.9. The van der Waals surface area contributed by atoms with Gasteiger partial charge in [-0.1, -0.05) is 6.07 Å². The number of nitriles is 1. The quantitative estimate of drug-likeness (QED) is 0.806. The zero-order chi connectivity index (χ0) is 15.3. The predicted molar refractivity (Wildman–Crippen MR) is 79.7 cm³/mol. The number of hydrogen-bond acceptors (Lipinski definition) is 5. The molecule has 0 amide bonds. The second-order valence-electron chi connectivity index (χ2n) is 5.54. The van der Waals surface area contributed by atoms with Gasteiger partial charge in [0, 0.05) is 19.7 Å². The first-order valence-corrected chi connectivity index (χ1v) is 8.68. The minimum absolute atomic E-state index is 0.0119. The van der Waals surface area contributed by atoms with Crippen LogP contribution < -0.4 is 5.32 Å². The monoisotopic (exact) mass is 308 g/mol. The molecule has 0 aromatic heterocycles. The van der Waals surface area contributed by atoms with Gasteiger partial charge in [0.1, 0.15) is 0 Å². The molecule has 0 spiro atoms. The Kier molecular flexibility index (Phi) is 4.99. The van der Waals surface area contributed by atoms with E-state index >= 15 is 0 Å². The van der Waals surface area contributed by atoms with Crippen LogP contribution in [0.1, 0.15) is 25.3 Å². The lowest BCUT2D eigenvalue weighted by atomic mass is 10.0. The zero-order valence-electron chi connectivity index (χ0n) is 12.1. The molecule has 1 saturated heterocycles. The molecule has 1 aliphatic rings. The third-order valence-corrected chi connectivity index (χ3v) is 5.38. The Morgan fingerprint density at radius 3 is 2.95 bits per heavy atom. The Labute approximate surface area is 125 Å². The third-order valence-electron chi connectivity index (χ3n) is 3.67. The normalized spacial score (nSPS) is 22.1.